The maximum atomic E-state index is 12.3. The van der Waals surface area contributed by atoms with Gasteiger partial charge in [0.1, 0.15) is 12.4 Å². The third kappa shape index (κ3) is 4.64. The van der Waals surface area contributed by atoms with E-state index in [1.165, 1.54) is 11.4 Å². The van der Waals surface area contributed by atoms with E-state index >= 15 is 0 Å². The smallest absolute Gasteiger partial charge is 0.310 e. The minimum Gasteiger partial charge on any atom is -0.492 e. The topological polar surface area (TPSA) is 96.7 Å². The summed E-state index contributed by atoms with van der Waals surface area (Å²) < 4.78 is 36.6. The zero-order valence-electron chi connectivity index (χ0n) is 17.1. The highest BCUT2D eigenvalue weighted by molar-refractivity contribution is 7.88. The first-order valence-electron chi connectivity index (χ1n) is 9.54. The maximum Gasteiger partial charge on any atom is 0.310 e. The molecule has 0 saturated carbocycles. The molecule has 158 valence electrons. The minimum atomic E-state index is -3.51. The summed E-state index contributed by atoms with van der Waals surface area (Å²) in [4.78, 5) is 12.0. The van der Waals surface area contributed by atoms with Gasteiger partial charge in [0.25, 0.3) is 0 Å². The Balaban J connectivity index is 1.70. The van der Waals surface area contributed by atoms with Crippen LogP contribution in [0.25, 0.3) is 11.1 Å². The van der Waals surface area contributed by atoms with Crippen LogP contribution < -0.4 is 4.74 Å². The Labute approximate surface area is 176 Å². The molecule has 3 rings (SSSR count). The van der Waals surface area contributed by atoms with E-state index in [2.05, 4.69) is 6.07 Å². The Bertz CT molecular complexity index is 1040. The summed E-state index contributed by atoms with van der Waals surface area (Å²) in [6, 6.07) is 15.9. The van der Waals surface area contributed by atoms with Crippen molar-refractivity contribution < 1.29 is 22.7 Å². The molecule has 2 aromatic rings. The van der Waals surface area contributed by atoms with Gasteiger partial charge in [0.2, 0.25) is 10.0 Å². The number of carbonyl (C=O) groups excluding carboxylic acids is 1. The second-order valence-electron chi connectivity index (χ2n) is 7.38. The van der Waals surface area contributed by atoms with Gasteiger partial charge in [0.05, 0.1) is 37.0 Å². The number of esters is 1. The summed E-state index contributed by atoms with van der Waals surface area (Å²) in [6.07, 6.45) is 1.49. The monoisotopic (exact) mass is 428 g/mol. The van der Waals surface area contributed by atoms with Crippen LogP contribution in [0.5, 0.6) is 5.75 Å². The number of ether oxygens (including phenoxy) is 2. The van der Waals surface area contributed by atoms with Gasteiger partial charge in [0, 0.05) is 6.04 Å². The lowest BCUT2D eigenvalue weighted by atomic mass is 10.0. The molecule has 1 saturated heterocycles. The molecule has 0 N–H and O–H groups in total. The highest BCUT2D eigenvalue weighted by Gasteiger charge is 2.47. The number of carbonyl (C=O) groups is 1. The highest BCUT2D eigenvalue weighted by atomic mass is 32.2. The SMILES string of the molecule is COC(=O)[C@H]1C[C@@H](COc2ccc(-c3ccc(C#N)cc3)cc2)N(S(C)(=O)=O)C1C. The Kier molecular flexibility index (Phi) is 6.44. The molecular formula is C22H24N2O5S. The number of rotatable bonds is 6. The first-order chi connectivity index (χ1) is 14.2. The molecule has 0 aromatic heterocycles. The molecule has 1 unspecified atom stereocenters. The van der Waals surface area contributed by atoms with Crippen molar-refractivity contribution >= 4 is 16.0 Å². The lowest BCUT2D eigenvalue weighted by molar-refractivity contribution is -0.145. The third-order valence-corrected chi connectivity index (χ3v) is 6.80. The zero-order chi connectivity index (χ0) is 21.9. The number of hydrogen-bond donors (Lipinski definition) is 0. The Morgan fingerprint density at radius 1 is 1.13 bits per heavy atom. The van der Waals surface area contributed by atoms with Gasteiger partial charge >= 0.3 is 5.97 Å². The van der Waals surface area contributed by atoms with Crippen LogP contribution in [0.1, 0.15) is 18.9 Å². The largest absolute Gasteiger partial charge is 0.492 e. The molecule has 30 heavy (non-hydrogen) atoms. The molecule has 1 aliphatic rings. The molecule has 7 nitrogen and oxygen atoms in total. The van der Waals surface area contributed by atoms with E-state index in [-0.39, 0.29) is 6.61 Å². The van der Waals surface area contributed by atoms with Crippen molar-refractivity contribution in [3.63, 3.8) is 0 Å². The predicted molar refractivity (Wildman–Crippen MR) is 112 cm³/mol. The molecule has 1 heterocycles. The van der Waals surface area contributed by atoms with Gasteiger partial charge in [-0.2, -0.15) is 9.57 Å². The maximum absolute atomic E-state index is 12.3. The molecule has 0 spiro atoms. The Hall–Kier alpha value is -2.89. The van der Waals surface area contributed by atoms with Gasteiger partial charge in [-0.1, -0.05) is 24.3 Å². The van der Waals surface area contributed by atoms with Crippen molar-refractivity contribution in [1.29, 1.82) is 5.26 Å². The van der Waals surface area contributed by atoms with E-state index in [4.69, 9.17) is 14.7 Å². The second-order valence-corrected chi connectivity index (χ2v) is 9.26. The quantitative estimate of drug-likeness (QED) is 0.657. The fourth-order valence-corrected chi connectivity index (χ4v) is 5.38. The first-order valence-corrected chi connectivity index (χ1v) is 11.4. The predicted octanol–water partition coefficient (Wildman–Crippen LogP) is 2.82. The van der Waals surface area contributed by atoms with Crippen LogP contribution in [0.2, 0.25) is 0 Å². The Morgan fingerprint density at radius 3 is 2.20 bits per heavy atom. The first kappa shape index (κ1) is 21.8. The molecule has 0 bridgehead atoms. The summed E-state index contributed by atoms with van der Waals surface area (Å²) in [5.74, 6) is -0.322. The van der Waals surface area contributed by atoms with Crippen LogP contribution in [-0.2, 0) is 19.6 Å². The van der Waals surface area contributed by atoms with Gasteiger partial charge in [-0.15, -0.1) is 0 Å². The van der Waals surface area contributed by atoms with Crippen LogP contribution in [0.4, 0.5) is 0 Å². The number of sulfonamides is 1. The van der Waals surface area contributed by atoms with Crippen molar-refractivity contribution in [3.8, 4) is 22.9 Å². The van der Waals surface area contributed by atoms with Crippen molar-refractivity contribution in [2.24, 2.45) is 5.92 Å². The number of nitrogens with zero attached hydrogens (tertiary/aromatic N) is 2. The van der Waals surface area contributed by atoms with Gasteiger partial charge < -0.3 is 9.47 Å². The van der Waals surface area contributed by atoms with Crippen LogP contribution in [0.3, 0.4) is 0 Å². The van der Waals surface area contributed by atoms with Gasteiger partial charge in [-0.3, -0.25) is 4.79 Å². The molecule has 0 aliphatic carbocycles. The Morgan fingerprint density at radius 2 is 1.70 bits per heavy atom. The molecule has 1 fully saturated rings. The van der Waals surface area contributed by atoms with Gasteiger partial charge in [-0.25, -0.2) is 8.42 Å². The van der Waals surface area contributed by atoms with Crippen LogP contribution in [-0.4, -0.2) is 50.7 Å². The van der Waals surface area contributed by atoms with Crippen molar-refractivity contribution in [1.82, 2.24) is 4.31 Å². The van der Waals surface area contributed by atoms with E-state index in [9.17, 15) is 13.2 Å². The second kappa shape index (κ2) is 8.86. The lowest BCUT2D eigenvalue weighted by Crippen LogP contribution is -2.43. The normalized spacial score (nSPS) is 21.7. The summed E-state index contributed by atoms with van der Waals surface area (Å²) >= 11 is 0. The van der Waals surface area contributed by atoms with Crippen LogP contribution >= 0.6 is 0 Å². The molecular weight excluding hydrogens is 404 g/mol. The van der Waals surface area contributed by atoms with E-state index in [1.807, 2.05) is 36.4 Å². The summed E-state index contributed by atoms with van der Waals surface area (Å²) in [5.41, 5.74) is 2.56. The van der Waals surface area contributed by atoms with Crippen molar-refractivity contribution in [2.45, 2.75) is 25.4 Å². The highest BCUT2D eigenvalue weighted by Crippen LogP contribution is 2.33. The summed E-state index contributed by atoms with van der Waals surface area (Å²) in [6.45, 7) is 1.86. The van der Waals surface area contributed by atoms with Crippen molar-refractivity contribution in [3.05, 3.63) is 54.1 Å². The van der Waals surface area contributed by atoms with E-state index in [0.29, 0.717) is 17.7 Å². The standard InChI is InChI=1S/C22H24N2O5S/c1-15-21(22(25)28-2)12-19(24(15)30(3,26)27)14-29-20-10-8-18(9-11-20)17-6-4-16(13-23)5-7-17/h4-11,15,19,21H,12,14H2,1-3H3/t15?,19-,21-/m0/s1. The molecule has 0 radical (unpaired) electrons. The number of hydrogen-bond acceptors (Lipinski definition) is 6. The van der Waals surface area contributed by atoms with Gasteiger partial charge in [-0.05, 0) is 48.7 Å². The lowest BCUT2D eigenvalue weighted by Gasteiger charge is -2.26. The van der Waals surface area contributed by atoms with Crippen molar-refractivity contribution in [2.75, 3.05) is 20.0 Å². The average Bonchev–Trinajstić information content (AvgIpc) is 3.08. The molecule has 0 amide bonds. The van der Waals surface area contributed by atoms with E-state index in [0.717, 1.165) is 17.4 Å². The van der Waals surface area contributed by atoms with E-state index in [1.54, 1.807) is 19.1 Å². The van der Waals surface area contributed by atoms with Crippen LogP contribution in [0.15, 0.2) is 48.5 Å². The summed E-state index contributed by atoms with van der Waals surface area (Å²) in [7, 11) is -2.20. The fraction of sp³-hybridized carbons (Fsp3) is 0.364. The summed E-state index contributed by atoms with van der Waals surface area (Å²) in [5, 5.41) is 8.90. The average molecular weight is 429 g/mol. The van der Waals surface area contributed by atoms with Gasteiger partial charge in [0.15, 0.2) is 0 Å². The minimum absolute atomic E-state index is 0.140. The number of methoxy groups -OCH3 is 1. The number of benzene rings is 2. The van der Waals surface area contributed by atoms with Crippen LogP contribution in [0, 0.1) is 17.2 Å². The fourth-order valence-electron chi connectivity index (χ4n) is 3.94. The zero-order valence-corrected chi connectivity index (χ0v) is 17.9. The molecule has 2 aromatic carbocycles. The molecule has 3 atom stereocenters. The molecule has 8 heteroatoms. The molecule has 1 aliphatic heterocycles. The third-order valence-electron chi connectivity index (χ3n) is 5.40. The number of nitriles is 1. The van der Waals surface area contributed by atoms with E-state index < -0.39 is 34.0 Å².